The first-order valence-electron chi connectivity index (χ1n) is 10.7. The van der Waals surface area contributed by atoms with Crippen LogP contribution in [0.3, 0.4) is 0 Å². The van der Waals surface area contributed by atoms with Crippen LogP contribution in [0.1, 0.15) is 25.0 Å². The number of rotatable bonds is 6. The lowest BCUT2D eigenvalue weighted by molar-refractivity contribution is 0.0223. The first-order valence-corrected chi connectivity index (χ1v) is 10.7. The number of ether oxygens (including phenoxy) is 1. The van der Waals surface area contributed by atoms with Crippen molar-refractivity contribution < 1.29 is 9.15 Å². The SMILES string of the molecule is I.c1ccc(N2CCN(C(=NCC3CCCCO3)NCCc3ccco3)CC2)nc1. The van der Waals surface area contributed by atoms with Crippen LogP contribution >= 0.6 is 24.0 Å². The van der Waals surface area contributed by atoms with Crippen LogP contribution in [0.25, 0.3) is 0 Å². The van der Waals surface area contributed by atoms with E-state index in [1.54, 1.807) is 6.26 Å². The van der Waals surface area contributed by atoms with Gasteiger partial charge >= 0.3 is 0 Å². The van der Waals surface area contributed by atoms with Gasteiger partial charge in [-0.25, -0.2) is 4.98 Å². The van der Waals surface area contributed by atoms with E-state index in [0.717, 1.165) is 76.3 Å². The molecule has 164 valence electrons. The van der Waals surface area contributed by atoms with E-state index in [-0.39, 0.29) is 30.1 Å². The lowest BCUT2D eigenvalue weighted by Crippen LogP contribution is -2.53. The second kappa shape index (κ2) is 12.1. The standard InChI is InChI=1S/C22H31N5O2.HI/c1-3-10-23-21(8-1)26-12-14-27(15-13-26)22(24-11-9-19-7-5-17-28-19)25-18-20-6-2-4-16-29-20;/h1,3,5,7-8,10,17,20H,2,4,6,9,11-16,18H2,(H,24,25);1H. The van der Waals surface area contributed by atoms with E-state index >= 15 is 0 Å². The Hall–Kier alpha value is -1.81. The molecule has 0 spiro atoms. The Labute approximate surface area is 195 Å². The minimum Gasteiger partial charge on any atom is -0.469 e. The van der Waals surface area contributed by atoms with Crippen LogP contribution in [0, 0.1) is 0 Å². The molecule has 7 nitrogen and oxygen atoms in total. The molecule has 0 radical (unpaired) electrons. The highest BCUT2D eigenvalue weighted by atomic mass is 127. The number of halogens is 1. The van der Waals surface area contributed by atoms with Gasteiger partial charge in [-0.15, -0.1) is 24.0 Å². The minimum atomic E-state index is 0. The van der Waals surface area contributed by atoms with Gasteiger partial charge in [0.05, 0.1) is 18.9 Å². The van der Waals surface area contributed by atoms with E-state index in [1.807, 2.05) is 30.5 Å². The fourth-order valence-corrected chi connectivity index (χ4v) is 3.85. The van der Waals surface area contributed by atoms with Gasteiger partial charge in [0.2, 0.25) is 0 Å². The van der Waals surface area contributed by atoms with Gasteiger partial charge in [-0.1, -0.05) is 6.07 Å². The van der Waals surface area contributed by atoms with Crippen molar-refractivity contribution in [3.8, 4) is 0 Å². The number of hydrogen-bond donors (Lipinski definition) is 1. The number of furan rings is 1. The van der Waals surface area contributed by atoms with Gasteiger partial charge < -0.3 is 24.3 Å². The number of anilines is 1. The molecule has 8 heteroatoms. The van der Waals surface area contributed by atoms with E-state index in [9.17, 15) is 0 Å². The molecule has 1 unspecified atom stereocenters. The summed E-state index contributed by atoms with van der Waals surface area (Å²) in [5.41, 5.74) is 0. The van der Waals surface area contributed by atoms with E-state index in [1.165, 1.54) is 12.8 Å². The van der Waals surface area contributed by atoms with Crippen LogP contribution in [0.5, 0.6) is 0 Å². The third-order valence-electron chi connectivity index (χ3n) is 5.51. The van der Waals surface area contributed by atoms with Gasteiger partial charge in [0.15, 0.2) is 5.96 Å². The van der Waals surface area contributed by atoms with Gasteiger partial charge in [-0.2, -0.15) is 0 Å². The zero-order valence-electron chi connectivity index (χ0n) is 17.4. The van der Waals surface area contributed by atoms with E-state index in [2.05, 4.69) is 26.2 Å². The molecule has 1 N–H and O–H groups in total. The normalized spacial score (nSPS) is 20.0. The molecular formula is C22H32IN5O2. The van der Waals surface area contributed by atoms with Gasteiger partial charge in [-0.3, -0.25) is 4.99 Å². The average molecular weight is 525 g/mol. The Bertz CT molecular complexity index is 742. The molecule has 2 saturated heterocycles. The predicted molar refractivity (Wildman–Crippen MR) is 130 cm³/mol. The molecule has 0 aromatic carbocycles. The number of pyridine rings is 1. The van der Waals surface area contributed by atoms with Gasteiger partial charge in [0.25, 0.3) is 0 Å². The molecule has 2 aliphatic heterocycles. The van der Waals surface area contributed by atoms with Gasteiger partial charge in [0.1, 0.15) is 11.6 Å². The summed E-state index contributed by atoms with van der Waals surface area (Å²) in [5, 5.41) is 3.55. The van der Waals surface area contributed by atoms with Gasteiger partial charge in [-0.05, 0) is 43.5 Å². The highest BCUT2D eigenvalue weighted by Crippen LogP contribution is 2.15. The zero-order chi connectivity index (χ0) is 19.7. The second-order valence-corrected chi connectivity index (χ2v) is 7.57. The minimum absolute atomic E-state index is 0. The van der Waals surface area contributed by atoms with Crippen molar-refractivity contribution in [3.05, 3.63) is 48.6 Å². The van der Waals surface area contributed by atoms with Crippen LogP contribution in [-0.2, 0) is 11.2 Å². The summed E-state index contributed by atoms with van der Waals surface area (Å²) in [6.45, 7) is 6.13. The van der Waals surface area contributed by atoms with Crippen LogP contribution in [0.4, 0.5) is 5.82 Å². The first-order chi connectivity index (χ1) is 14.4. The molecule has 2 aromatic rings. The number of guanidine groups is 1. The Morgan fingerprint density at radius 2 is 2.03 bits per heavy atom. The molecule has 0 bridgehead atoms. The Morgan fingerprint density at radius 1 is 1.13 bits per heavy atom. The fraction of sp³-hybridized carbons (Fsp3) is 0.545. The number of hydrogen-bond acceptors (Lipinski definition) is 5. The summed E-state index contributed by atoms with van der Waals surface area (Å²) < 4.78 is 11.3. The summed E-state index contributed by atoms with van der Waals surface area (Å²) in [6, 6.07) is 10.0. The molecule has 0 saturated carbocycles. The smallest absolute Gasteiger partial charge is 0.194 e. The van der Waals surface area contributed by atoms with Crippen LogP contribution < -0.4 is 10.2 Å². The Balaban J connectivity index is 0.00000256. The number of piperazine rings is 1. The predicted octanol–water partition coefficient (Wildman–Crippen LogP) is 3.17. The zero-order valence-corrected chi connectivity index (χ0v) is 19.7. The van der Waals surface area contributed by atoms with Crippen LogP contribution in [-0.4, -0.2) is 67.8 Å². The highest BCUT2D eigenvalue weighted by molar-refractivity contribution is 14.0. The van der Waals surface area contributed by atoms with Crippen molar-refractivity contribution in [1.29, 1.82) is 0 Å². The highest BCUT2D eigenvalue weighted by Gasteiger charge is 2.21. The number of nitrogens with one attached hydrogen (secondary N) is 1. The van der Waals surface area contributed by atoms with Gasteiger partial charge in [0, 0.05) is 51.9 Å². The summed E-state index contributed by atoms with van der Waals surface area (Å²) >= 11 is 0. The maximum absolute atomic E-state index is 5.87. The van der Waals surface area contributed by atoms with Crippen molar-refractivity contribution in [3.63, 3.8) is 0 Å². The first kappa shape index (κ1) is 22.9. The maximum atomic E-state index is 5.87. The number of nitrogens with zero attached hydrogens (tertiary/aromatic N) is 4. The third-order valence-corrected chi connectivity index (χ3v) is 5.51. The topological polar surface area (TPSA) is 66.1 Å². The fourth-order valence-electron chi connectivity index (χ4n) is 3.85. The molecule has 30 heavy (non-hydrogen) atoms. The monoisotopic (exact) mass is 525 g/mol. The maximum Gasteiger partial charge on any atom is 0.194 e. The molecular weight excluding hydrogens is 493 g/mol. The van der Waals surface area contributed by atoms with Crippen molar-refractivity contribution >= 4 is 35.8 Å². The number of aliphatic imine (C=N–C) groups is 1. The Morgan fingerprint density at radius 3 is 2.73 bits per heavy atom. The van der Waals surface area contributed by atoms with E-state index < -0.39 is 0 Å². The lowest BCUT2D eigenvalue weighted by Gasteiger charge is -2.37. The Kier molecular flexibility index (Phi) is 9.26. The molecule has 2 aromatic heterocycles. The van der Waals surface area contributed by atoms with E-state index in [4.69, 9.17) is 14.1 Å². The number of aromatic nitrogens is 1. The molecule has 4 rings (SSSR count). The molecule has 1 atom stereocenters. The summed E-state index contributed by atoms with van der Waals surface area (Å²) in [4.78, 5) is 14.1. The molecule has 2 aliphatic rings. The van der Waals surface area contributed by atoms with Crippen molar-refractivity contribution in [2.24, 2.45) is 4.99 Å². The molecule has 0 aliphatic carbocycles. The lowest BCUT2D eigenvalue weighted by atomic mass is 10.1. The van der Waals surface area contributed by atoms with Crippen LogP contribution in [0.2, 0.25) is 0 Å². The quantitative estimate of drug-likeness (QED) is 0.355. The van der Waals surface area contributed by atoms with Crippen molar-refractivity contribution in [2.45, 2.75) is 31.8 Å². The second-order valence-electron chi connectivity index (χ2n) is 7.57. The molecule has 0 amide bonds. The van der Waals surface area contributed by atoms with Crippen LogP contribution in [0.15, 0.2) is 52.2 Å². The largest absolute Gasteiger partial charge is 0.469 e. The molecule has 4 heterocycles. The third kappa shape index (κ3) is 6.60. The van der Waals surface area contributed by atoms with Crippen molar-refractivity contribution in [2.75, 3.05) is 50.8 Å². The summed E-state index contributed by atoms with van der Waals surface area (Å²) in [7, 11) is 0. The van der Waals surface area contributed by atoms with Crippen molar-refractivity contribution in [1.82, 2.24) is 15.2 Å². The molecule has 2 fully saturated rings. The summed E-state index contributed by atoms with van der Waals surface area (Å²) in [6.07, 6.45) is 8.20. The van der Waals surface area contributed by atoms with E-state index in [0.29, 0.717) is 0 Å². The summed E-state index contributed by atoms with van der Waals surface area (Å²) in [5.74, 6) is 3.02. The average Bonchev–Trinajstić information content (AvgIpc) is 3.31.